The van der Waals surface area contributed by atoms with E-state index in [1.54, 1.807) is 36.1 Å². The second kappa shape index (κ2) is 6.09. The maximum absolute atomic E-state index is 13.1. The van der Waals surface area contributed by atoms with Gasteiger partial charge in [0.15, 0.2) is 0 Å². The molecule has 0 aliphatic carbocycles. The molecular weight excluding hydrogens is 333 g/mol. The molecule has 2 heterocycles. The molecule has 0 spiro atoms. The molecule has 0 bridgehead atoms. The minimum atomic E-state index is -4.50. The number of aryl methyl sites for hydroxylation is 1. The maximum Gasteiger partial charge on any atom is 0.406 e. The average molecular weight is 352 g/mol. The third kappa shape index (κ3) is 3.33. The van der Waals surface area contributed by atoms with Crippen LogP contribution < -0.4 is 5.32 Å². The first kappa shape index (κ1) is 17.3. The molecule has 2 aromatic rings. The number of nitrogens with zero attached hydrogens (tertiary/aromatic N) is 3. The molecule has 1 atom stereocenters. The lowest BCUT2D eigenvalue weighted by Gasteiger charge is -2.38. The van der Waals surface area contributed by atoms with Crippen molar-refractivity contribution in [2.75, 3.05) is 11.9 Å². The largest absolute Gasteiger partial charge is 0.406 e. The molecule has 0 unspecified atom stereocenters. The summed E-state index contributed by atoms with van der Waals surface area (Å²) in [7, 11) is 1.71. The first-order chi connectivity index (χ1) is 11.7. The van der Waals surface area contributed by atoms with Crippen LogP contribution in [0.1, 0.15) is 47.5 Å². The zero-order valence-electron chi connectivity index (χ0n) is 14.1. The Morgan fingerprint density at radius 3 is 2.60 bits per heavy atom. The number of nitrogens with one attached hydrogen (secondary N) is 1. The molecule has 1 amide bonds. The summed E-state index contributed by atoms with van der Waals surface area (Å²) in [5.41, 5.74) is 2.00. The Labute approximate surface area is 143 Å². The van der Waals surface area contributed by atoms with Gasteiger partial charge < -0.3 is 10.2 Å². The van der Waals surface area contributed by atoms with E-state index in [1.165, 1.54) is 6.07 Å². The molecule has 0 saturated heterocycles. The van der Waals surface area contributed by atoms with Gasteiger partial charge in [0, 0.05) is 24.5 Å². The van der Waals surface area contributed by atoms with Crippen LogP contribution in [0, 0.1) is 0 Å². The molecule has 134 valence electrons. The summed E-state index contributed by atoms with van der Waals surface area (Å²) in [6.07, 6.45) is -3.75. The van der Waals surface area contributed by atoms with Gasteiger partial charge in [-0.25, -0.2) is 0 Å². The van der Waals surface area contributed by atoms with Crippen molar-refractivity contribution in [3.8, 4) is 0 Å². The van der Waals surface area contributed by atoms with Crippen LogP contribution in [0.25, 0.3) is 0 Å². The molecular formula is C17H19F3N4O. The monoisotopic (exact) mass is 352 g/mol. The van der Waals surface area contributed by atoms with Crippen molar-refractivity contribution in [1.29, 1.82) is 0 Å². The first-order valence-corrected chi connectivity index (χ1v) is 7.94. The SMILES string of the molecule is CC(C)c1nn(C)cc1[C@H]1Nc2ccccc2C(=O)N1CC(F)(F)F. The first-order valence-electron chi connectivity index (χ1n) is 7.94. The summed E-state index contributed by atoms with van der Waals surface area (Å²) in [6, 6.07) is 6.59. The zero-order valence-corrected chi connectivity index (χ0v) is 14.1. The minimum absolute atomic E-state index is 0.0120. The molecule has 1 aliphatic heterocycles. The van der Waals surface area contributed by atoms with Crippen LogP contribution in [0.2, 0.25) is 0 Å². The molecule has 8 heteroatoms. The molecule has 5 nitrogen and oxygen atoms in total. The quantitative estimate of drug-likeness (QED) is 0.917. The Morgan fingerprint density at radius 2 is 1.96 bits per heavy atom. The smallest absolute Gasteiger partial charge is 0.361 e. The Morgan fingerprint density at radius 1 is 1.28 bits per heavy atom. The normalized spacial score (nSPS) is 17.6. The lowest BCUT2D eigenvalue weighted by Crippen LogP contribution is -2.47. The van der Waals surface area contributed by atoms with Crippen LogP contribution >= 0.6 is 0 Å². The van der Waals surface area contributed by atoms with Gasteiger partial charge in [-0.3, -0.25) is 9.48 Å². The average Bonchev–Trinajstić information content (AvgIpc) is 2.91. The Bertz CT molecular complexity index is 797. The number of halogens is 3. The highest BCUT2D eigenvalue weighted by molar-refractivity contribution is 6.01. The molecule has 0 saturated carbocycles. The van der Waals surface area contributed by atoms with Gasteiger partial charge in [-0.1, -0.05) is 26.0 Å². The standard InChI is InChI=1S/C17H19F3N4O/c1-10(2)14-12(8-23(3)22-14)15-21-13-7-5-4-6-11(13)16(25)24(15)9-17(18,19)20/h4-8,10,15,21H,9H2,1-3H3/t15-/m0/s1. The maximum atomic E-state index is 13.1. The summed E-state index contributed by atoms with van der Waals surface area (Å²) in [5, 5.41) is 7.43. The van der Waals surface area contributed by atoms with E-state index in [0.29, 0.717) is 16.9 Å². The van der Waals surface area contributed by atoms with E-state index in [0.717, 1.165) is 4.90 Å². The van der Waals surface area contributed by atoms with Crippen molar-refractivity contribution in [3.05, 3.63) is 47.3 Å². The van der Waals surface area contributed by atoms with E-state index in [4.69, 9.17) is 0 Å². The highest BCUT2D eigenvalue weighted by Gasteiger charge is 2.41. The van der Waals surface area contributed by atoms with Gasteiger partial charge in [0.1, 0.15) is 12.7 Å². The van der Waals surface area contributed by atoms with Crippen LogP contribution in [0.3, 0.4) is 0 Å². The fourth-order valence-electron chi connectivity index (χ4n) is 3.08. The van der Waals surface area contributed by atoms with E-state index in [1.807, 2.05) is 13.8 Å². The lowest BCUT2D eigenvalue weighted by molar-refractivity contribution is -0.144. The summed E-state index contributed by atoms with van der Waals surface area (Å²) in [4.78, 5) is 13.5. The Kier molecular flexibility index (Phi) is 4.22. The number of fused-ring (bicyclic) bond motifs is 1. The predicted octanol–water partition coefficient (Wildman–Crippen LogP) is 3.67. The minimum Gasteiger partial charge on any atom is -0.361 e. The lowest BCUT2D eigenvalue weighted by atomic mass is 10.00. The van der Waals surface area contributed by atoms with Gasteiger partial charge >= 0.3 is 6.18 Å². The molecule has 25 heavy (non-hydrogen) atoms. The number of aromatic nitrogens is 2. The third-order valence-corrected chi connectivity index (χ3v) is 4.10. The predicted molar refractivity (Wildman–Crippen MR) is 87.2 cm³/mol. The van der Waals surface area contributed by atoms with E-state index in [-0.39, 0.29) is 11.5 Å². The van der Waals surface area contributed by atoms with Crippen molar-refractivity contribution in [2.45, 2.75) is 32.1 Å². The van der Waals surface area contributed by atoms with Crippen LogP contribution in [0.15, 0.2) is 30.5 Å². The molecule has 1 N–H and O–H groups in total. The number of rotatable bonds is 3. The fourth-order valence-corrected chi connectivity index (χ4v) is 3.08. The Balaban J connectivity index is 2.11. The number of carbonyl (C=O) groups is 1. The van der Waals surface area contributed by atoms with Crippen molar-refractivity contribution in [2.24, 2.45) is 7.05 Å². The summed E-state index contributed by atoms with van der Waals surface area (Å²) in [5.74, 6) is -0.631. The molecule has 1 aromatic heterocycles. The van der Waals surface area contributed by atoms with E-state index in [2.05, 4.69) is 10.4 Å². The van der Waals surface area contributed by atoms with Crippen molar-refractivity contribution in [1.82, 2.24) is 14.7 Å². The third-order valence-electron chi connectivity index (χ3n) is 4.10. The number of hydrogen-bond acceptors (Lipinski definition) is 3. The number of hydrogen-bond donors (Lipinski definition) is 1. The number of anilines is 1. The molecule has 3 rings (SSSR count). The van der Waals surface area contributed by atoms with E-state index in [9.17, 15) is 18.0 Å². The Hall–Kier alpha value is -2.51. The number of alkyl halides is 3. The number of carbonyl (C=O) groups excluding carboxylic acids is 1. The van der Waals surface area contributed by atoms with Crippen LogP contribution in [-0.4, -0.2) is 33.3 Å². The van der Waals surface area contributed by atoms with Crippen molar-refractivity contribution in [3.63, 3.8) is 0 Å². The van der Waals surface area contributed by atoms with Gasteiger partial charge in [-0.15, -0.1) is 0 Å². The zero-order chi connectivity index (χ0) is 18.4. The molecule has 1 aliphatic rings. The van der Waals surface area contributed by atoms with Gasteiger partial charge in [0.25, 0.3) is 5.91 Å². The highest BCUT2D eigenvalue weighted by atomic mass is 19.4. The number of benzene rings is 1. The second-order valence-electron chi connectivity index (χ2n) is 6.44. The summed E-state index contributed by atoms with van der Waals surface area (Å²) in [6.45, 7) is 2.50. The van der Waals surface area contributed by atoms with Crippen LogP contribution in [-0.2, 0) is 7.05 Å². The topological polar surface area (TPSA) is 50.2 Å². The van der Waals surface area contributed by atoms with E-state index >= 15 is 0 Å². The number of amides is 1. The van der Waals surface area contributed by atoms with Crippen molar-refractivity contribution < 1.29 is 18.0 Å². The fraction of sp³-hybridized carbons (Fsp3) is 0.412. The van der Waals surface area contributed by atoms with Crippen LogP contribution in [0.4, 0.5) is 18.9 Å². The van der Waals surface area contributed by atoms with Gasteiger partial charge in [0.2, 0.25) is 0 Å². The summed E-state index contributed by atoms with van der Waals surface area (Å²) < 4.78 is 40.9. The molecule has 0 radical (unpaired) electrons. The van der Waals surface area contributed by atoms with E-state index < -0.39 is 24.8 Å². The number of para-hydroxylation sites is 1. The van der Waals surface area contributed by atoms with Gasteiger partial charge in [0.05, 0.1) is 11.3 Å². The molecule has 0 fully saturated rings. The highest BCUT2D eigenvalue weighted by Crippen LogP contribution is 2.37. The van der Waals surface area contributed by atoms with Gasteiger partial charge in [-0.2, -0.15) is 18.3 Å². The summed E-state index contributed by atoms with van der Waals surface area (Å²) >= 11 is 0. The molecule has 1 aromatic carbocycles. The second-order valence-corrected chi connectivity index (χ2v) is 6.44. The van der Waals surface area contributed by atoms with Crippen LogP contribution in [0.5, 0.6) is 0 Å². The van der Waals surface area contributed by atoms with Gasteiger partial charge in [-0.05, 0) is 18.1 Å². The van der Waals surface area contributed by atoms with Crippen molar-refractivity contribution >= 4 is 11.6 Å².